The maximum absolute atomic E-state index is 9.61. The van der Waals surface area contributed by atoms with Gasteiger partial charge in [0.15, 0.2) is 0 Å². The van der Waals surface area contributed by atoms with Crippen molar-refractivity contribution in [2.75, 3.05) is 20.1 Å². The molecular weight excluding hydrogens is 140 g/mol. The van der Waals surface area contributed by atoms with Gasteiger partial charge in [0.1, 0.15) is 0 Å². The average molecular weight is 156 g/mol. The van der Waals surface area contributed by atoms with Gasteiger partial charge in [0, 0.05) is 25.2 Å². The van der Waals surface area contributed by atoms with E-state index in [0.29, 0.717) is 12.1 Å². The van der Waals surface area contributed by atoms with Crippen molar-refractivity contribution in [3.05, 3.63) is 0 Å². The van der Waals surface area contributed by atoms with Gasteiger partial charge in [-0.05, 0) is 19.9 Å². The summed E-state index contributed by atoms with van der Waals surface area (Å²) in [5, 5.41) is 13.0. The highest BCUT2D eigenvalue weighted by atomic mass is 16.3. The molecule has 2 aliphatic heterocycles. The predicted octanol–water partition coefficient (Wildman–Crippen LogP) is -0.587. The summed E-state index contributed by atoms with van der Waals surface area (Å²) in [6.45, 7) is 2.05. The molecule has 2 N–H and O–H groups in total. The zero-order valence-corrected chi connectivity index (χ0v) is 6.95. The van der Waals surface area contributed by atoms with E-state index in [4.69, 9.17) is 0 Å². The summed E-state index contributed by atoms with van der Waals surface area (Å²) in [5.41, 5.74) is 0. The predicted molar refractivity (Wildman–Crippen MR) is 43.4 cm³/mol. The van der Waals surface area contributed by atoms with E-state index >= 15 is 0 Å². The van der Waals surface area contributed by atoms with Crippen LogP contribution in [0.15, 0.2) is 0 Å². The Kier molecular flexibility index (Phi) is 1.87. The smallest absolute Gasteiger partial charge is 0.0708 e. The molecule has 3 heteroatoms. The molecule has 64 valence electrons. The molecule has 0 aromatic rings. The van der Waals surface area contributed by atoms with Crippen LogP contribution in [0.25, 0.3) is 0 Å². The summed E-state index contributed by atoms with van der Waals surface area (Å²) >= 11 is 0. The molecule has 0 unspecified atom stereocenters. The third kappa shape index (κ3) is 1.17. The molecule has 2 saturated heterocycles. The number of piperazine rings is 1. The van der Waals surface area contributed by atoms with Gasteiger partial charge in [0.05, 0.1) is 6.10 Å². The number of likely N-dealkylation sites (N-methyl/N-ethyl adjacent to an activating group) is 1. The van der Waals surface area contributed by atoms with E-state index in [1.54, 1.807) is 0 Å². The molecule has 0 aromatic heterocycles. The van der Waals surface area contributed by atoms with Crippen LogP contribution in [0.4, 0.5) is 0 Å². The summed E-state index contributed by atoms with van der Waals surface area (Å²) in [5.74, 6) is 0. The summed E-state index contributed by atoms with van der Waals surface area (Å²) < 4.78 is 0. The van der Waals surface area contributed by atoms with E-state index in [0.717, 1.165) is 25.9 Å². The van der Waals surface area contributed by atoms with Crippen molar-refractivity contribution >= 4 is 0 Å². The fourth-order valence-corrected chi connectivity index (χ4v) is 2.23. The first-order valence-corrected chi connectivity index (χ1v) is 4.40. The molecular formula is C8H16N2O. The van der Waals surface area contributed by atoms with Crippen LogP contribution >= 0.6 is 0 Å². The van der Waals surface area contributed by atoms with E-state index in [1.807, 2.05) is 0 Å². The lowest BCUT2D eigenvalue weighted by Gasteiger charge is -2.46. The van der Waals surface area contributed by atoms with Crippen LogP contribution < -0.4 is 5.32 Å². The number of piperidine rings is 1. The highest BCUT2D eigenvalue weighted by Crippen LogP contribution is 2.23. The molecule has 0 amide bonds. The number of aliphatic hydroxyl groups is 1. The number of rotatable bonds is 0. The van der Waals surface area contributed by atoms with Crippen molar-refractivity contribution in [2.24, 2.45) is 0 Å². The van der Waals surface area contributed by atoms with Crippen molar-refractivity contribution in [1.29, 1.82) is 0 Å². The zero-order chi connectivity index (χ0) is 7.84. The Morgan fingerprint density at radius 2 is 2.18 bits per heavy atom. The van der Waals surface area contributed by atoms with Crippen molar-refractivity contribution in [1.82, 2.24) is 10.2 Å². The Morgan fingerprint density at radius 1 is 1.36 bits per heavy atom. The Balaban J connectivity index is 2.09. The fraction of sp³-hybridized carbons (Fsp3) is 1.00. The highest BCUT2D eigenvalue weighted by Gasteiger charge is 2.36. The maximum Gasteiger partial charge on any atom is 0.0708 e. The van der Waals surface area contributed by atoms with Gasteiger partial charge in [0.25, 0.3) is 0 Å². The van der Waals surface area contributed by atoms with E-state index in [2.05, 4.69) is 17.3 Å². The molecule has 0 aromatic carbocycles. The SMILES string of the molecule is CN1[C@H]2CC[C@H](O)[C@H]1CNC2. The first-order valence-electron chi connectivity index (χ1n) is 4.40. The minimum Gasteiger partial charge on any atom is -0.391 e. The van der Waals surface area contributed by atoms with Gasteiger partial charge in [-0.3, -0.25) is 4.90 Å². The van der Waals surface area contributed by atoms with Crippen LogP contribution in [0, 0.1) is 0 Å². The summed E-state index contributed by atoms with van der Waals surface area (Å²) in [4.78, 5) is 2.32. The zero-order valence-electron chi connectivity index (χ0n) is 6.95. The van der Waals surface area contributed by atoms with Crippen molar-refractivity contribution < 1.29 is 5.11 Å². The lowest BCUT2D eigenvalue weighted by Crippen LogP contribution is -2.62. The molecule has 0 radical (unpaired) electrons. The molecule has 0 aliphatic carbocycles. The number of fused-ring (bicyclic) bond motifs is 2. The van der Waals surface area contributed by atoms with Crippen LogP contribution in [0.5, 0.6) is 0 Å². The molecule has 2 bridgehead atoms. The minimum absolute atomic E-state index is 0.107. The van der Waals surface area contributed by atoms with Crippen LogP contribution in [0.2, 0.25) is 0 Å². The van der Waals surface area contributed by atoms with Crippen molar-refractivity contribution in [3.63, 3.8) is 0 Å². The number of aliphatic hydroxyl groups excluding tert-OH is 1. The van der Waals surface area contributed by atoms with Gasteiger partial charge >= 0.3 is 0 Å². The van der Waals surface area contributed by atoms with Crippen LogP contribution in [-0.4, -0.2) is 48.3 Å². The Hall–Kier alpha value is -0.120. The third-order valence-electron chi connectivity index (χ3n) is 3.07. The van der Waals surface area contributed by atoms with Gasteiger partial charge < -0.3 is 10.4 Å². The maximum atomic E-state index is 9.61. The monoisotopic (exact) mass is 156 g/mol. The third-order valence-corrected chi connectivity index (χ3v) is 3.07. The van der Waals surface area contributed by atoms with Gasteiger partial charge in [-0.2, -0.15) is 0 Å². The van der Waals surface area contributed by atoms with Crippen molar-refractivity contribution in [2.45, 2.75) is 31.0 Å². The first-order chi connectivity index (χ1) is 5.29. The van der Waals surface area contributed by atoms with E-state index in [-0.39, 0.29) is 6.10 Å². The number of nitrogens with zero attached hydrogens (tertiary/aromatic N) is 1. The highest BCUT2D eigenvalue weighted by molar-refractivity contribution is 4.94. The van der Waals surface area contributed by atoms with Gasteiger partial charge in [-0.1, -0.05) is 0 Å². The number of hydrogen-bond donors (Lipinski definition) is 2. The van der Waals surface area contributed by atoms with Crippen molar-refractivity contribution in [3.8, 4) is 0 Å². The molecule has 2 aliphatic rings. The van der Waals surface area contributed by atoms with Gasteiger partial charge in [-0.25, -0.2) is 0 Å². The molecule has 0 spiro atoms. The first kappa shape index (κ1) is 7.53. The second-order valence-corrected chi connectivity index (χ2v) is 3.69. The normalized spacial score (nSPS) is 45.8. The average Bonchev–Trinajstić information content (AvgIpc) is 1.98. The Labute approximate surface area is 67.4 Å². The molecule has 2 rings (SSSR count). The van der Waals surface area contributed by atoms with Crippen LogP contribution in [0.3, 0.4) is 0 Å². The number of hydrogen-bond acceptors (Lipinski definition) is 3. The van der Waals surface area contributed by atoms with E-state index < -0.39 is 0 Å². The summed E-state index contributed by atoms with van der Waals surface area (Å²) in [7, 11) is 2.12. The molecule has 0 saturated carbocycles. The Bertz CT molecular complexity index is 151. The van der Waals surface area contributed by atoms with Crippen LogP contribution in [0.1, 0.15) is 12.8 Å². The minimum atomic E-state index is -0.107. The molecule has 3 atom stereocenters. The molecule has 11 heavy (non-hydrogen) atoms. The summed E-state index contributed by atoms with van der Waals surface area (Å²) in [6.07, 6.45) is 2.02. The summed E-state index contributed by atoms with van der Waals surface area (Å²) in [6, 6.07) is 1.03. The fourth-order valence-electron chi connectivity index (χ4n) is 2.23. The molecule has 2 fully saturated rings. The second kappa shape index (κ2) is 2.73. The van der Waals surface area contributed by atoms with E-state index in [1.165, 1.54) is 0 Å². The quantitative estimate of drug-likeness (QED) is 0.492. The number of nitrogens with one attached hydrogen (secondary N) is 1. The van der Waals surface area contributed by atoms with E-state index in [9.17, 15) is 5.11 Å². The standard InChI is InChI=1S/C8H16N2O/c1-10-6-2-3-8(11)7(10)5-9-4-6/h6-9,11H,2-5H2,1H3/t6-,7+,8-/m0/s1. The second-order valence-electron chi connectivity index (χ2n) is 3.69. The topological polar surface area (TPSA) is 35.5 Å². The molecule has 3 nitrogen and oxygen atoms in total. The largest absolute Gasteiger partial charge is 0.391 e. The lowest BCUT2D eigenvalue weighted by molar-refractivity contribution is -0.0235. The van der Waals surface area contributed by atoms with Crippen LogP contribution in [-0.2, 0) is 0 Å². The van der Waals surface area contributed by atoms with Gasteiger partial charge in [-0.15, -0.1) is 0 Å². The lowest BCUT2D eigenvalue weighted by atomic mass is 9.91. The Morgan fingerprint density at radius 3 is 2.91 bits per heavy atom. The van der Waals surface area contributed by atoms with Gasteiger partial charge in [0.2, 0.25) is 0 Å². The molecule has 2 heterocycles.